The van der Waals surface area contributed by atoms with Crippen molar-refractivity contribution in [2.45, 2.75) is 6.42 Å². The molecule has 0 unspecified atom stereocenters. The maximum absolute atomic E-state index is 12.0. The minimum Gasteiger partial charge on any atom is -0.326 e. The molecule has 1 aromatic carbocycles. The van der Waals surface area contributed by atoms with Crippen LogP contribution in [0.25, 0.3) is 10.9 Å². The third-order valence-corrected chi connectivity index (χ3v) is 3.15. The van der Waals surface area contributed by atoms with Crippen LogP contribution in [0.5, 0.6) is 0 Å². The molecule has 3 rings (SSSR count). The Hall–Kier alpha value is -2.69. The average molecular weight is 266 g/mol. The second-order valence-electron chi connectivity index (χ2n) is 4.62. The Balaban J connectivity index is 1.75. The van der Waals surface area contributed by atoms with Gasteiger partial charge in [0.1, 0.15) is 0 Å². The maximum atomic E-state index is 12.0. The van der Waals surface area contributed by atoms with Gasteiger partial charge in [-0.1, -0.05) is 0 Å². The summed E-state index contributed by atoms with van der Waals surface area (Å²) in [6, 6.07) is 9.43. The van der Waals surface area contributed by atoms with Gasteiger partial charge in [-0.3, -0.25) is 14.5 Å². The standard InChI is InChI=1S/C15H14N4O/c1-19-14-9-13(3-2-12(14)10-17-19)18-15(20)8-11-4-6-16-7-5-11/h2-7,9-10H,8H2,1H3,(H,18,20). The maximum Gasteiger partial charge on any atom is 0.228 e. The number of aryl methyl sites for hydroxylation is 1. The molecule has 0 saturated carbocycles. The quantitative estimate of drug-likeness (QED) is 0.790. The Bertz CT molecular complexity index is 749. The van der Waals surface area contributed by atoms with Crippen LogP contribution in [0.2, 0.25) is 0 Å². The topological polar surface area (TPSA) is 59.8 Å². The molecule has 0 spiro atoms. The van der Waals surface area contributed by atoms with Crippen molar-refractivity contribution >= 4 is 22.5 Å². The number of aromatic nitrogens is 3. The second kappa shape index (κ2) is 5.13. The molecule has 1 amide bonds. The number of nitrogens with zero attached hydrogens (tertiary/aromatic N) is 3. The van der Waals surface area contributed by atoms with E-state index in [0.29, 0.717) is 6.42 Å². The van der Waals surface area contributed by atoms with Gasteiger partial charge in [-0.25, -0.2) is 0 Å². The van der Waals surface area contributed by atoms with Crippen LogP contribution in [0.15, 0.2) is 48.9 Å². The van der Waals surface area contributed by atoms with Crippen LogP contribution in [0, 0.1) is 0 Å². The predicted molar refractivity (Wildman–Crippen MR) is 77.3 cm³/mol. The predicted octanol–water partition coefficient (Wildman–Crippen LogP) is 2.15. The van der Waals surface area contributed by atoms with Crippen LogP contribution < -0.4 is 5.32 Å². The van der Waals surface area contributed by atoms with E-state index in [9.17, 15) is 4.79 Å². The van der Waals surface area contributed by atoms with Crippen molar-refractivity contribution in [3.63, 3.8) is 0 Å². The van der Waals surface area contributed by atoms with E-state index in [-0.39, 0.29) is 5.91 Å². The van der Waals surface area contributed by atoms with E-state index in [0.717, 1.165) is 22.2 Å². The summed E-state index contributed by atoms with van der Waals surface area (Å²) in [4.78, 5) is 15.9. The van der Waals surface area contributed by atoms with Crippen molar-refractivity contribution in [1.29, 1.82) is 0 Å². The summed E-state index contributed by atoms with van der Waals surface area (Å²) in [5.41, 5.74) is 2.71. The summed E-state index contributed by atoms with van der Waals surface area (Å²) in [5, 5.41) is 8.14. The van der Waals surface area contributed by atoms with Crippen molar-refractivity contribution in [3.8, 4) is 0 Å². The van der Waals surface area contributed by atoms with Crippen molar-refractivity contribution in [2.75, 3.05) is 5.32 Å². The Labute approximate surface area is 116 Å². The Morgan fingerprint density at radius 1 is 1.25 bits per heavy atom. The summed E-state index contributed by atoms with van der Waals surface area (Å²) in [6.07, 6.45) is 5.51. The molecular formula is C15H14N4O. The highest BCUT2D eigenvalue weighted by Gasteiger charge is 2.06. The molecular weight excluding hydrogens is 252 g/mol. The zero-order chi connectivity index (χ0) is 13.9. The molecule has 5 heteroatoms. The van der Waals surface area contributed by atoms with Crippen LogP contribution >= 0.6 is 0 Å². The molecule has 0 aliphatic carbocycles. The fraction of sp³-hybridized carbons (Fsp3) is 0.133. The Morgan fingerprint density at radius 3 is 2.85 bits per heavy atom. The molecule has 0 aliphatic rings. The van der Waals surface area contributed by atoms with E-state index in [1.54, 1.807) is 23.3 Å². The fourth-order valence-corrected chi connectivity index (χ4v) is 2.11. The molecule has 20 heavy (non-hydrogen) atoms. The number of nitrogens with one attached hydrogen (secondary N) is 1. The van der Waals surface area contributed by atoms with E-state index in [1.165, 1.54) is 0 Å². The summed E-state index contributed by atoms with van der Waals surface area (Å²) in [6.45, 7) is 0. The smallest absolute Gasteiger partial charge is 0.228 e. The van der Waals surface area contributed by atoms with Crippen LogP contribution in [0.4, 0.5) is 5.69 Å². The monoisotopic (exact) mass is 266 g/mol. The van der Waals surface area contributed by atoms with Gasteiger partial charge >= 0.3 is 0 Å². The van der Waals surface area contributed by atoms with E-state index < -0.39 is 0 Å². The van der Waals surface area contributed by atoms with Crippen LogP contribution in [-0.2, 0) is 18.3 Å². The number of hydrogen-bond donors (Lipinski definition) is 1. The number of anilines is 1. The van der Waals surface area contributed by atoms with Crippen molar-refractivity contribution in [1.82, 2.24) is 14.8 Å². The van der Waals surface area contributed by atoms with Gasteiger partial charge in [0.15, 0.2) is 0 Å². The Kier molecular flexibility index (Phi) is 3.16. The average Bonchev–Trinajstić information content (AvgIpc) is 2.81. The first-order valence-electron chi connectivity index (χ1n) is 6.33. The second-order valence-corrected chi connectivity index (χ2v) is 4.62. The largest absolute Gasteiger partial charge is 0.326 e. The van der Waals surface area contributed by atoms with Gasteiger partial charge in [-0.05, 0) is 35.9 Å². The lowest BCUT2D eigenvalue weighted by Crippen LogP contribution is -2.14. The summed E-state index contributed by atoms with van der Waals surface area (Å²) >= 11 is 0. The van der Waals surface area contributed by atoms with Crippen LogP contribution in [0.1, 0.15) is 5.56 Å². The highest BCUT2D eigenvalue weighted by molar-refractivity contribution is 5.94. The van der Waals surface area contributed by atoms with Crippen molar-refractivity contribution in [2.24, 2.45) is 7.05 Å². The van der Waals surface area contributed by atoms with Gasteiger partial charge in [0, 0.05) is 30.5 Å². The highest BCUT2D eigenvalue weighted by atomic mass is 16.1. The number of hydrogen-bond acceptors (Lipinski definition) is 3. The lowest BCUT2D eigenvalue weighted by molar-refractivity contribution is -0.115. The summed E-state index contributed by atoms with van der Waals surface area (Å²) < 4.78 is 1.79. The molecule has 0 aliphatic heterocycles. The number of amides is 1. The number of carbonyl (C=O) groups excluding carboxylic acids is 1. The molecule has 2 aromatic heterocycles. The number of pyridine rings is 1. The summed E-state index contributed by atoms with van der Waals surface area (Å²) in [7, 11) is 1.88. The van der Waals surface area contributed by atoms with E-state index >= 15 is 0 Å². The fourth-order valence-electron chi connectivity index (χ4n) is 2.11. The van der Waals surface area contributed by atoms with Gasteiger partial charge in [0.25, 0.3) is 0 Å². The first-order chi connectivity index (χ1) is 9.72. The molecule has 3 aromatic rings. The van der Waals surface area contributed by atoms with E-state index in [2.05, 4.69) is 15.4 Å². The van der Waals surface area contributed by atoms with Crippen molar-refractivity contribution in [3.05, 3.63) is 54.5 Å². The van der Waals surface area contributed by atoms with Gasteiger partial charge < -0.3 is 5.32 Å². The molecule has 2 heterocycles. The number of benzene rings is 1. The molecule has 1 N–H and O–H groups in total. The van der Waals surface area contributed by atoms with E-state index in [1.807, 2.05) is 37.4 Å². The number of rotatable bonds is 3. The Morgan fingerprint density at radius 2 is 2.05 bits per heavy atom. The lowest BCUT2D eigenvalue weighted by atomic mass is 10.2. The molecule has 0 fully saturated rings. The molecule has 0 bridgehead atoms. The number of carbonyl (C=O) groups is 1. The third kappa shape index (κ3) is 2.51. The van der Waals surface area contributed by atoms with Gasteiger partial charge in [0.05, 0.1) is 18.1 Å². The van der Waals surface area contributed by atoms with Crippen LogP contribution in [-0.4, -0.2) is 20.7 Å². The molecule has 100 valence electrons. The lowest BCUT2D eigenvalue weighted by Gasteiger charge is -2.06. The minimum absolute atomic E-state index is 0.0438. The SMILES string of the molecule is Cn1ncc2ccc(NC(=O)Cc3ccncc3)cc21. The van der Waals surface area contributed by atoms with Crippen molar-refractivity contribution < 1.29 is 4.79 Å². The first-order valence-corrected chi connectivity index (χ1v) is 6.33. The highest BCUT2D eigenvalue weighted by Crippen LogP contribution is 2.18. The zero-order valence-corrected chi connectivity index (χ0v) is 11.1. The molecule has 5 nitrogen and oxygen atoms in total. The third-order valence-electron chi connectivity index (χ3n) is 3.15. The summed E-state index contributed by atoms with van der Waals surface area (Å²) in [5.74, 6) is -0.0438. The molecule has 0 radical (unpaired) electrons. The first kappa shape index (κ1) is 12.3. The van der Waals surface area contributed by atoms with Gasteiger partial charge in [-0.2, -0.15) is 5.10 Å². The van der Waals surface area contributed by atoms with Gasteiger partial charge in [-0.15, -0.1) is 0 Å². The van der Waals surface area contributed by atoms with Gasteiger partial charge in [0.2, 0.25) is 5.91 Å². The zero-order valence-electron chi connectivity index (χ0n) is 11.1. The molecule has 0 saturated heterocycles. The number of fused-ring (bicyclic) bond motifs is 1. The normalized spacial score (nSPS) is 10.7. The van der Waals surface area contributed by atoms with E-state index in [4.69, 9.17) is 0 Å². The van der Waals surface area contributed by atoms with Crippen LogP contribution in [0.3, 0.4) is 0 Å². The minimum atomic E-state index is -0.0438. The molecule has 0 atom stereocenters.